The van der Waals surface area contributed by atoms with E-state index in [1.165, 1.54) is 17.5 Å². The van der Waals surface area contributed by atoms with Crippen LogP contribution in [0.2, 0.25) is 0 Å². The van der Waals surface area contributed by atoms with Gasteiger partial charge in [-0.3, -0.25) is 4.79 Å². The highest BCUT2D eigenvalue weighted by Crippen LogP contribution is 2.27. The Hall–Kier alpha value is -1.40. The Kier molecular flexibility index (Phi) is 3.44. The SMILES string of the molecule is Cc1cc(C(=O)Nc2ccc(N)cn2)sc1Br. The molecule has 0 radical (unpaired) electrons. The zero-order valence-electron chi connectivity index (χ0n) is 9.03. The van der Waals surface area contributed by atoms with Crippen LogP contribution in [0.25, 0.3) is 0 Å². The quantitative estimate of drug-likeness (QED) is 0.895. The van der Waals surface area contributed by atoms with Crippen molar-refractivity contribution in [2.75, 3.05) is 11.1 Å². The third-order valence-electron chi connectivity index (χ3n) is 2.11. The van der Waals surface area contributed by atoms with Gasteiger partial charge in [0.25, 0.3) is 5.91 Å². The van der Waals surface area contributed by atoms with Gasteiger partial charge in [0, 0.05) is 0 Å². The first-order valence-electron chi connectivity index (χ1n) is 4.85. The molecule has 3 N–H and O–H groups in total. The number of hydrogen-bond donors (Lipinski definition) is 2. The van der Waals surface area contributed by atoms with Crippen molar-refractivity contribution in [2.24, 2.45) is 0 Å². The number of nitrogens with zero attached hydrogens (tertiary/aromatic N) is 1. The summed E-state index contributed by atoms with van der Waals surface area (Å²) in [5, 5.41) is 2.71. The maximum atomic E-state index is 11.9. The molecule has 0 saturated heterocycles. The van der Waals surface area contributed by atoms with Crippen LogP contribution in [-0.4, -0.2) is 10.9 Å². The van der Waals surface area contributed by atoms with E-state index in [1.807, 2.05) is 13.0 Å². The van der Waals surface area contributed by atoms with Crippen LogP contribution in [0.3, 0.4) is 0 Å². The Bertz CT molecular complexity index is 531. The van der Waals surface area contributed by atoms with E-state index < -0.39 is 0 Å². The summed E-state index contributed by atoms with van der Waals surface area (Å²) in [5.74, 6) is 0.326. The van der Waals surface area contributed by atoms with E-state index in [-0.39, 0.29) is 5.91 Å². The monoisotopic (exact) mass is 311 g/mol. The molecule has 0 atom stereocenters. The van der Waals surface area contributed by atoms with Crippen molar-refractivity contribution in [3.05, 3.63) is 38.6 Å². The maximum Gasteiger partial charge on any atom is 0.266 e. The van der Waals surface area contributed by atoms with Crippen molar-refractivity contribution in [3.8, 4) is 0 Å². The van der Waals surface area contributed by atoms with E-state index >= 15 is 0 Å². The van der Waals surface area contributed by atoms with Crippen molar-refractivity contribution >= 4 is 44.7 Å². The molecule has 0 bridgehead atoms. The second-order valence-electron chi connectivity index (χ2n) is 3.50. The molecule has 1 amide bonds. The number of nitrogens with two attached hydrogens (primary N) is 1. The number of thiophene rings is 1. The van der Waals surface area contributed by atoms with Gasteiger partial charge in [0.15, 0.2) is 0 Å². The zero-order valence-corrected chi connectivity index (χ0v) is 11.4. The van der Waals surface area contributed by atoms with Crippen molar-refractivity contribution < 1.29 is 4.79 Å². The van der Waals surface area contributed by atoms with Crippen LogP contribution in [0.4, 0.5) is 11.5 Å². The summed E-state index contributed by atoms with van der Waals surface area (Å²) in [6, 6.07) is 5.20. The Morgan fingerprint density at radius 2 is 2.29 bits per heavy atom. The molecule has 0 aliphatic carbocycles. The van der Waals surface area contributed by atoms with Crippen LogP contribution in [0.15, 0.2) is 28.2 Å². The van der Waals surface area contributed by atoms with Gasteiger partial charge in [0.1, 0.15) is 5.82 Å². The van der Waals surface area contributed by atoms with Crippen molar-refractivity contribution in [3.63, 3.8) is 0 Å². The molecular formula is C11H10BrN3OS. The van der Waals surface area contributed by atoms with E-state index in [1.54, 1.807) is 12.1 Å². The molecule has 0 saturated carbocycles. The van der Waals surface area contributed by atoms with Gasteiger partial charge in [-0.1, -0.05) is 0 Å². The molecule has 88 valence electrons. The molecule has 4 nitrogen and oxygen atoms in total. The van der Waals surface area contributed by atoms with E-state index in [0.717, 1.165) is 9.35 Å². The summed E-state index contributed by atoms with van der Waals surface area (Å²) in [5.41, 5.74) is 7.13. The van der Waals surface area contributed by atoms with Gasteiger partial charge in [-0.25, -0.2) is 4.98 Å². The molecule has 2 rings (SSSR count). The smallest absolute Gasteiger partial charge is 0.266 e. The Labute approximate surface area is 111 Å². The lowest BCUT2D eigenvalue weighted by atomic mass is 10.3. The minimum Gasteiger partial charge on any atom is -0.397 e. The second kappa shape index (κ2) is 4.85. The number of carbonyl (C=O) groups is 1. The Morgan fingerprint density at radius 1 is 1.53 bits per heavy atom. The van der Waals surface area contributed by atoms with Crippen LogP contribution in [0.5, 0.6) is 0 Å². The van der Waals surface area contributed by atoms with Crippen LogP contribution in [-0.2, 0) is 0 Å². The molecule has 0 aliphatic rings. The molecule has 17 heavy (non-hydrogen) atoms. The molecule has 2 aromatic rings. The zero-order chi connectivity index (χ0) is 12.4. The highest BCUT2D eigenvalue weighted by molar-refractivity contribution is 9.11. The van der Waals surface area contributed by atoms with E-state index in [9.17, 15) is 4.79 Å². The highest BCUT2D eigenvalue weighted by Gasteiger charge is 2.11. The van der Waals surface area contributed by atoms with Gasteiger partial charge >= 0.3 is 0 Å². The Balaban J connectivity index is 2.14. The average Bonchev–Trinajstić information content (AvgIpc) is 2.63. The maximum absolute atomic E-state index is 11.9. The predicted molar refractivity (Wildman–Crippen MR) is 73.4 cm³/mol. The summed E-state index contributed by atoms with van der Waals surface area (Å²) in [6.07, 6.45) is 1.51. The second-order valence-corrected chi connectivity index (χ2v) is 5.87. The van der Waals surface area contributed by atoms with Crippen molar-refractivity contribution in [1.29, 1.82) is 0 Å². The largest absolute Gasteiger partial charge is 0.397 e. The topological polar surface area (TPSA) is 68.0 Å². The minimum absolute atomic E-state index is 0.166. The molecule has 0 spiro atoms. The molecule has 0 aliphatic heterocycles. The lowest BCUT2D eigenvalue weighted by Crippen LogP contribution is -2.11. The first kappa shape index (κ1) is 12.1. The molecular weight excluding hydrogens is 302 g/mol. The van der Waals surface area contributed by atoms with Crippen molar-refractivity contribution in [2.45, 2.75) is 6.92 Å². The number of aryl methyl sites for hydroxylation is 1. The molecule has 2 aromatic heterocycles. The van der Waals surface area contributed by atoms with Crippen LogP contribution < -0.4 is 11.1 Å². The van der Waals surface area contributed by atoms with Gasteiger partial charge in [0.2, 0.25) is 0 Å². The summed E-state index contributed by atoms with van der Waals surface area (Å²) in [4.78, 5) is 16.5. The highest BCUT2D eigenvalue weighted by atomic mass is 79.9. The number of halogens is 1. The number of nitrogens with one attached hydrogen (secondary N) is 1. The number of nitrogen functional groups attached to an aromatic ring is 1. The van der Waals surface area contributed by atoms with E-state index in [4.69, 9.17) is 5.73 Å². The predicted octanol–water partition coefficient (Wildman–Crippen LogP) is 3.05. The number of anilines is 2. The van der Waals surface area contributed by atoms with Gasteiger partial charge in [-0.2, -0.15) is 0 Å². The number of rotatable bonds is 2. The van der Waals surface area contributed by atoms with Crippen molar-refractivity contribution in [1.82, 2.24) is 4.98 Å². The normalized spacial score (nSPS) is 10.2. The number of hydrogen-bond acceptors (Lipinski definition) is 4. The van der Waals surface area contributed by atoms with Gasteiger partial charge in [-0.05, 0) is 46.6 Å². The average molecular weight is 312 g/mol. The number of carbonyl (C=O) groups excluding carboxylic acids is 1. The molecule has 0 aromatic carbocycles. The van der Waals surface area contributed by atoms with E-state index in [0.29, 0.717) is 16.4 Å². The summed E-state index contributed by atoms with van der Waals surface area (Å²) in [6.45, 7) is 1.94. The molecule has 6 heteroatoms. The summed E-state index contributed by atoms with van der Waals surface area (Å²) < 4.78 is 0.966. The third kappa shape index (κ3) is 2.83. The van der Waals surface area contributed by atoms with Gasteiger partial charge < -0.3 is 11.1 Å². The van der Waals surface area contributed by atoms with Crippen LogP contribution >= 0.6 is 27.3 Å². The number of pyridine rings is 1. The van der Waals surface area contributed by atoms with E-state index in [2.05, 4.69) is 26.2 Å². The van der Waals surface area contributed by atoms with Crippen LogP contribution in [0, 0.1) is 6.92 Å². The number of amides is 1. The Morgan fingerprint density at radius 3 is 2.82 bits per heavy atom. The lowest BCUT2D eigenvalue weighted by Gasteiger charge is -2.02. The third-order valence-corrected chi connectivity index (χ3v) is 4.24. The fourth-order valence-electron chi connectivity index (χ4n) is 1.23. The van der Waals surface area contributed by atoms with Gasteiger partial charge in [0.05, 0.1) is 20.5 Å². The standard InChI is InChI=1S/C11H10BrN3OS/c1-6-4-8(17-10(6)12)11(16)15-9-3-2-7(13)5-14-9/h2-5H,13H2,1H3,(H,14,15,16). The fourth-order valence-corrected chi connectivity index (χ4v) is 2.66. The molecule has 0 unspecified atom stereocenters. The molecule has 0 fully saturated rings. The minimum atomic E-state index is -0.166. The van der Waals surface area contributed by atoms with Gasteiger partial charge in [-0.15, -0.1) is 11.3 Å². The first-order valence-corrected chi connectivity index (χ1v) is 6.46. The fraction of sp³-hybridized carbons (Fsp3) is 0.0909. The first-order chi connectivity index (χ1) is 8.06. The number of aromatic nitrogens is 1. The summed E-state index contributed by atoms with van der Waals surface area (Å²) in [7, 11) is 0. The summed E-state index contributed by atoms with van der Waals surface area (Å²) >= 11 is 4.78. The lowest BCUT2D eigenvalue weighted by molar-refractivity contribution is 0.103. The van der Waals surface area contributed by atoms with Crippen LogP contribution in [0.1, 0.15) is 15.2 Å². The molecule has 2 heterocycles.